The molecule has 0 radical (unpaired) electrons. The maximum atomic E-state index is 13.0. The van der Waals surface area contributed by atoms with E-state index in [0.29, 0.717) is 35.1 Å². The van der Waals surface area contributed by atoms with Gasteiger partial charge < -0.3 is 14.8 Å². The molecular weight excluding hydrogens is 380 g/mol. The molecule has 156 valence electrons. The van der Waals surface area contributed by atoms with Crippen LogP contribution in [0.5, 0.6) is 11.5 Å². The van der Waals surface area contributed by atoms with Gasteiger partial charge in [0.25, 0.3) is 11.8 Å². The minimum Gasteiger partial charge on any atom is -0.497 e. The lowest BCUT2D eigenvalue weighted by molar-refractivity contribution is -0.136. The van der Waals surface area contributed by atoms with Crippen molar-refractivity contribution < 1.29 is 19.1 Å². The second kappa shape index (κ2) is 9.31. The first-order valence-electron chi connectivity index (χ1n) is 9.80. The molecule has 0 atom stereocenters. The summed E-state index contributed by atoms with van der Waals surface area (Å²) in [4.78, 5) is 27.2. The number of rotatable bonds is 9. The standard InChI is InChI=1S/C24H26N2O4/c1-5-13-26-23(27)21(17-9-11-19(12-10-17)30-15-16(2)3)22(24(26)28)25-18-7-6-8-20(14-18)29-4/h5-12,14,16,25H,1,13,15H2,2-4H3. The number of ether oxygens (including phenoxy) is 2. The van der Waals surface area contributed by atoms with E-state index in [1.54, 1.807) is 25.3 Å². The van der Waals surface area contributed by atoms with Gasteiger partial charge in [-0.15, -0.1) is 6.58 Å². The van der Waals surface area contributed by atoms with Gasteiger partial charge in [-0.1, -0.05) is 38.1 Å². The van der Waals surface area contributed by atoms with E-state index >= 15 is 0 Å². The number of hydrogen-bond acceptors (Lipinski definition) is 5. The first-order valence-corrected chi connectivity index (χ1v) is 9.80. The van der Waals surface area contributed by atoms with Crippen LogP contribution in [0.15, 0.2) is 66.9 Å². The summed E-state index contributed by atoms with van der Waals surface area (Å²) in [6.07, 6.45) is 1.53. The molecule has 0 saturated carbocycles. The number of nitrogens with one attached hydrogen (secondary N) is 1. The summed E-state index contributed by atoms with van der Waals surface area (Å²) in [5, 5.41) is 3.11. The third kappa shape index (κ3) is 4.54. The van der Waals surface area contributed by atoms with Crippen molar-refractivity contribution in [2.24, 2.45) is 5.92 Å². The Kier molecular flexibility index (Phi) is 6.57. The molecule has 0 bridgehead atoms. The van der Waals surface area contributed by atoms with Gasteiger partial charge in [-0.3, -0.25) is 14.5 Å². The first-order chi connectivity index (χ1) is 14.4. The third-order valence-electron chi connectivity index (χ3n) is 4.55. The van der Waals surface area contributed by atoms with E-state index in [2.05, 4.69) is 25.7 Å². The smallest absolute Gasteiger partial charge is 0.278 e. The molecule has 2 aromatic rings. The molecule has 0 saturated heterocycles. The molecule has 0 aromatic heterocycles. The fourth-order valence-corrected chi connectivity index (χ4v) is 3.08. The number of methoxy groups -OCH3 is 1. The SMILES string of the molecule is C=CCN1C(=O)C(Nc2cccc(OC)c2)=C(c2ccc(OCC(C)C)cc2)C1=O. The number of carbonyl (C=O) groups excluding carboxylic acids is 2. The summed E-state index contributed by atoms with van der Waals surface area (Å²) in [5.74, 6) is 1.02. The lowest BCUT2D eigenvalue weighted by atomic mass is 10.0. The number of amides is 2. The van der Waals surface area contributed by atoms with Gasteiger partial charge in [0.15, 0.2) is 0 Å². The van der Waals surface area contributed by atoms with Gasteiger partial charge >= 0.3 is 0 Å². The first kappa shape index (κ1) is 21.2. The highest BCUT2D eigenvalue weighted by molar-refractivity contribution is 6.36. The molecule has 6 heteroatoms. The van der Waals surface area contributed by atoms with Gasteiger partial charge in [0.1, 0.15) is 17.2 Å². The molecule has 0 aliphatic carbocycles. The number of benzene rings is 2. The molecule has 0 fully saturated rings. The highest BCUT2D eigenvalue weighted by atomic mass is 16.5. The van der Waals surface area contributed by atoms with Crippen LogP contribution in [0.1, 0.15) is 19.4 Å². The number of anilines is 1. The minimum absolute atomic E-state index is 0.139. The van der Waals surface area contributed by atoms with Crippen molar-refractivity contribution in [2.45, 2.75) is 13.8 Å². The Morgan fingerprint density at radius 1 is 1.07 bits per heavy atom. The normalized spacial score (nSPS) is 13.8. The number of imide groups is 1. The van der Waals surface area contributed by atoms with Gasteiger partial charge in [0, 0.05) is 18.3 Å². The number of nitrogens with zero attached hydrogens (tertiary/aromatic N) is 1. The summed E-state index contributed by atoms with van der Waals surface area (Å²) < 4.78 is 11.0. The molecule has 1 aliphatic rings. The molecule has 2 aromatic carbocycles. The topological polar surface area (TPSA) is 67.9 Å². The second-order valence-electron chi connectivity index (χ2n) is 7.35. The molecule has 6 nitrogen and oxygen atoms in total. The maximum absolute atomic E-state index is 13.0. The van der Waals surface area contributed by atoms with Crippen LogP contribution >= 0.6 is 0 Å². The van der Waals surface area contributed by atoms with Crippen LogP contribution in [-0.4, -0.2) is 37.0 Å². The van der Waals surface area contributed by atoms with Gasteiger partial charge in [0.05, 0.1) is 19.3 Å². The molecule has 1 N–H and O–H groups in total. The minimum atomic E-state index is -0.391. The molecule has 30 heavy (non-hydrogen) atoms. The summed E-state index contributed by atoms with van der Waals surface area (Å²) >= 11 is 0. The zero-order valence-electron chi connectivity index (χ0n) is 17.5. The van der Waals surface area contributed by atoms with Crippen molar-refractivity contribution in [3.8, 4) is 11.5 Å². The highest BCUT2D eigenvalue weighted by Gasteiger charge is 2.38. The Balaban J connectivity index is 1.97. The van der Waals surface area contributed by atoms with E-state index < -0.39 is 5.91 Å². The monoisotopic (exact) mass is 406 g/mol. The summed E-state index contributed by atoms with van der Waals surface area (Å²) in [6.45, 7) is 8.55. The highest BCUT2D eigenvalue weighted by Crippen LogP contribution is 2.32. The number of hydrogen-bond donors (Lipinski definition) is 1. The maximum Gasteiger partial charge on any atom is 0.278 e. The van der Waals surface area contributed by atoms with Crippen molar-refractivity contribution in [1.29, 1.82) is 0 Å². The Morgan fingerprint density at radius 2 is 1.80 bits per heavy atom. The number of carbonyl (C=O) groups is 2. The molecule has 1 heterocycles. The Morgan fingerprint density at radius 3 is 2.43 bits per heavy atom. The predicted octanol–water partition coefficient (Wildman–Crippen LogP) is 4.11. The molecule has 1 aliphatic heterocycles. The Hall–Kier alpha value is -3.54. The van der Waals surface area contributed by atoms with E-state index in [1.807, 2.05) is 30.3 Å². The summed E-state index contributed by atoms with van der Waals surface area (Å²) in [5.41, 5.74) is 1.84. The van der Waals surface area contributed by atoms with Crippen molar-refractivity contribution in [2.75, 3.05) is 25.6 Å². The van der Waals surface area contributed by atoms with Crippen LogP contribution in [0.4, 0.5) is 5.69 Å². The van der Waals surface area contributed by atoms with E-state index in [0.717, 1.165) is 5.75 Å². The van der Waals surface area contributed by atoms with Crippen LogP contribution in [0.25, 0.3) is 5.57 Å². The van der Waals surface area contributed by atoms with Gasteiger partial charge in [-0.05, 0) is 35.7 Å². The van der Waals surface area contributed by atoms with Crippen LogP contribution in [0.3, 0.4) is 0 Å². The van der Waals surface area contributed by atoms with E-state index in [4.69, 9.17) is 9.47 Å². The quantitative estimate of drug-likeness (QED) is 0.501. The van der Waals surface area contributed by atoms with E-state index in [-0.39, 0.29) is 18.1 Å². The molecule has 3 rings (SSSR count). The summed E-state index contributed by atoms with van der Waals surface area (Å²) in [6, 6.07) is 14.4. The lowest BCUT2D eigenvalue weighted by Gasteiger charge is -2.12. The Labute approximate surface area is 176 Å². The van der Waals surface area contributed by atoms with Crippen molar-refractivity contribution >= 4 is 23.1 Å². The van der Waals surface area contributed by atoms with Gasteiger partial charge in [0.2, 0.25) is 0 Å². The molecule has 0 spiro atoms. The Bertz CT molecular complexity index is 977. The lowest BCUT2D eigenvalue weighted by Crippen LogP contribution is -2.32. The van der Waals surface area contributed by atoms with Crippen LogP contribution in [0.2, 0.25) is 0 Å². The van der Waals surface area contributed by atoms with Crippen molar-refractivity contribution in [3.63, 3.8) is 0 Å². The predicted molar refractivity (Wildman–Crippen MR) is 117 cm³/mol. The average Bonchev–Trinajstić information content (AvgIpc) is 2.97. The zero-order valence-corrected chi connectivity index (χ0v) is 17.5. The van der Waals surface area contributed by atoms with Crippen LogP contribution in [-0.2, 0) is 9.59 Å². The average molecular weight is 406 g/mol. The summed E-state index contributed by atoms with van der Waals surface area (Å²) in [7, 11) is 1.57. The molecular formula is C24H26N2O4. The van der Waals surface area contributed by atoms with Crippen LogP contribution < -0.4 is 14.8 Å². The fourth-order valence-electron chi connectivity index (χ4n) is 3.08. The van der Waals surface area contributed by atoms with Crippen molar-refractivity contribution in [1.82, 2.24) is 4.90 Å². The molecule has 2 amide bonds. The van der Waals surface area contributed by atoms with Crippen molar-refractivity contribution in [3.05, 3.63) is 72.4 Å². The van der Waals surface area contributed by atoms with E-state index in [9.17, 15) is 9.59 Å². The fraction of sp³-hybridized carbons (Fsp3) is 0.250. The van der Waals surface area contributed by atoms with Gasteiger partial charge in [-0.2, -0.15) is 0 Å². The second-order valence-corrected chi connectivity index (χ2v) is 7.35. The van der Waals surface area contributed by atoms with E-state index in [1.165, 1.54) is 11.0 Å². The largest absolute Gasteiger partial charge is 0.497 e. The zero-order chi connectivity index (χ0) is 21.7. The molecule has 0 unspecified atom stereocenters. The third-order valence-corrected chi connectivity index (χ3v) is 4.55. The van der Waals surface area contributed by atoms with Crippen LogP contribution in [0, 0.1) is 5.92 Å². The van der Waals surface area contributed by atoms with Gasteiger partial charge in [-0.25, -0.2) is 0 Å².